The maximum Gasteiger partial charge on any atom is 0.231 e. The first-order valence-corrected chi connectivity index (χ1v) is 11.5. The highest BCUT2D eigenvalue weighted by molar-refractivity contribution is 5.99. The van der Waals surface area contributed by atoms with Crippen LogP contribution in [0.25, 0.3) is 0 Å². The summed E-state index contributed by atoms with van der Waals surface area (Å²) >= 11 is 0. The number of carbonyl (C=O) groups excluding carboxylic acids is 2. The fourth-order valence-corrected chi connectivity index (χ4v) is 5.43. The monoisotopic (exact) mass is 425 g/mol. The van der Waals surface area contributed by atoms with E-state index in [4.69, 9.17) is 9.47 Å². The summed E-state index contributed by atoms with van der Waals surface area (Å²) in [5.74, 6) is -0.988. The van der Waals surface area contributed by atoms with Crippen LogP contribution in [0, 0.1) is 11.8 Å². The van der Waals surface area contributed by atoms with Gasteiger partial charge in [0.1, 0.15) is 5.60 Å². The first-order valence-electron chi connectivity index (χ1n) is 11.5. The topological polar surface area (TPSA) is 71.1 Å². The second-order valence-electron chi connectivity index (χ2n) is 9.01. The zero-order valence-corrected chi connectivity index (χ0v) is 18.1. The maximum absolute atomic E-state index is 13.3. The lowest BCUT2D eigenvalue weighted by Gasteiger charge is -2.27. The van der Waals surface area contributed by atoms with Gasteiger partial charge in [0.15, 0.2) is 0 Å². The van der Waals surface area contributed by atoms with Crippen LogP contribution in [0.15, 0.2) is 36.4 Å². The lowest BCUT2D eigenvalue weighted by molar-refractivity contribution is -0.135. The number of rotatable bonds is 7. The molecule has 1 aromatic carbocycles. The van der Waals surface area contributed by atoms with Crippen LogP contribution in [0.5, 0.6) is 0 Å². The van der Waals surface area contributed by atoms with Crippen LogP contribution in [-0.2, 0) is 25.5 Å². The highest BCUT2D eigenvalue weighted by atomic mass is 16.5. The fraction of sp³-hybridized carbons (Fsp3) is 0.583. The number of fused-ring (bicyclic) bond motifs is 1. The molecule has 1 N–H and O–H groups in total. The molecule has 1 spiro atoms. The van der Waals surface area contributed by atoms with E-state index in [1.54, 1.807) is 0 Å². The molecule has 166 valence electrons. The third kappa shape index (κ3) is 3.79. The van der Waals surface area contributed by atoms with Gasteiger partial charge in [-0.15, -0.1) is 0 Å². The van der Waals surface area contributed by atoms with Crippen LogP contribution in [0.1, 0.15) is 18.9 Å². The number of aryl methyl sites for hydroxylation is 1. The summed E-state index contributed by atoms with van der Waals surface area (Å²) < 4.78 is 11.6. The Balaban J connectivity index is 1.23. The molecule has 0 aliphatic carbocycles. The van der Waals surface area contributed by atoms with Crippen molar-refractivity contribution in [3.05, 3.63) is 42.0 Å². The lowest BCUT2D eigenvalue weighted by atomic mass is 9.77. The average molecular weight is 426 g/mol. The number of nitrogens with zero attached hydrogens (tertiary/aromatic N) is 2. The van der Waals surface area contributed by atoms with E-state index in [0.29, 0.717) is 13.1 Å². The molecule has 0 radical (unpaired) electrons. The summed E-state index contributed by atoms with van der Waals surface area (Å²) in [5.41, 5.74) is 1.34. The molecule has 1 aromatic rings. The number of anilines is 1. The van der Waals surface area contributed by atoms with Crippen molar-refractivity contribution in [1.29, 1.82) is 0 Å². The van der Waals surface area contributed by atoms with Crippen molar-refractivity contribution in [1.82, 2.24) is 9.80 Å². The Labute approximate surface area is 183 Å². The number of amides is 2. The van der Waals surface area contributed by atoms with Crippen molar-refractivity contribution in [2.45, 2.75) is 31.5 Å². The smallest absolute Gasteiger partial charge is 0.231 e. The van der Waals surface area contributed by atoms with Crippen LogP contribution in [0.2, 0.25) is 0 Å². The normalized spacial score (nSPS) is 32.0. The highest BCUT2D eigenvalue weighted by Crippen LogP contribution is 2.52. The number of benzene rings is 1. The highest BCUT2D eigenvalue weighted by Gasteiger charge is 2.66. The molecule has 0 aromatic heterocycles. The van der Waals surface area contributed by atoms with Gasteiger partial charge >= 0.3 is 0 Å². The molecule has 5 rings (SSSR count). The number of hydrogen-bond donors (Lipinski definition) is 1. The van der Waals surface area contributed by atoms with Crippen LogP contribution in [0.4, 0.5) is 5.69 Å². The minimum absolute atomic E-state index is 0.0512. The summed E-state index contributed by atoms with van der Waals surface area (Å²) in [7, 11) is 0. The average Bonchev–Trinajstić information content (AvgIpc) is 3.43. The van der Waals surface area contributed by atoms with Crippen molar-refractivity contribution < 1.29 is 19.1 Å². The SMILES string of the molecule is CCc1ccc(NC(=O)[C@@H]2C3C=CC4(CN(CCCN5CCOCC5)C(=O)[C@H]24)O3)cc1. The predicted molar refractivity (Wildman–Crippen MR) is 117 cm³/mol. The van der Waals surface area contributed by atoms with E-state index >= 15 is 0 Å². The van der Waals surface area contributed by atoms with Gasteiger partial charge in [-0.25, -0.2) is 0 Å². The number of hydrogen-bond acceptors (Lipinski definition) is 5. The number of nitrogens with one attached hydrogen (secondary N) is 1. The molecule has 31 heavy (non-hydrogen) atoms. The van der Waals surface area contributed by atoms with E-state index in [1.807, 2.05) is 41.3 Å². The molecule has 4 heterocycles. The Kier molecular flexibility index (Phi) is 5.58. The van der Waals surface area contributed by atoms with Crippen molar-refractivity contribution in [3.8, 4) is 0 Å². The van der Waals surface area contributed by atoms with E-state index < -0.39 is 17.4 Å². The number of likely N-dealkylation sites (tertiary alicyclic amines) is 1. The molecule has 2 bridgehead atoms. The van der Waals surface area contributed by atoms with Crippen LogP contribution < -0.4 is 5.32 Å². The van der Waals surface area contributed by atoms with Crippen LogP contribution in [-0.4, -0.2) is 79.3 Å². The molecule has 4 aliphatic heterocycles. The summed E-state index contributed by atoms with van der Waals surface area (Å²) in [6.45, 7) is 7.78. The molecule has 7 nitrogen and oxygen atoms in total. The molecule has 0 saturated carbocycles. The molecule has 7 heteroatoms. The minimum atomic E-state index is -0.644. The van der Waals surface area contributed by atoms with Crippen LogP contribution >= 0.6 is 0 Å². The Hall–Kier alpha value is -2.22. The van der Waals surface area contributed by atoms with Crippen molar-refractivity contribution in [2.24, 2.45) is 11.8 Å². The van der Waals surface area contributed by atoms with Gasteiger partial charge in [0.2, 0.25) is 11.8 Å². The molecule has 3 saturated heterocycles. The molecule has 2 amide bonds. The first-order chi connectivity index (χ1) is 15.1. The van der Waals surface area contributed by atoms with Gasteiger partial charge in [0.05, 0.1) is 37.7 Å². The zero-order valence-electron chi connectivity index (χ0n) is 18.1. The summed E-state index contributed by atoms with van der Waals surface area (Å²) in [5, 5.41) is 3.01. The fourth-order valence-electron chi connectivity index (χ4n) is 5.43. The zero-order chi connectivity index (χ0) is 21.4. The van der Waals surface area contributed by atoms with E-state index in [9.17, 15) is 9.59 Å². The van der Waals surface area contributed by atoms with E-state index in [-0.39, 0.29) is 17.9 Å². The second kappa shape index (κ2) is 8.37. The molecule has 3 fully saturated rings. The Bertz CT molecular complexity index is 864. The Morgan fingerprint density at radius 3 is 2.71 bits per heavy atom. The van der Waals surface area contributed by atoms with Gasteiger partial charge in [-0.3, -0.25) is 14.5 Å². The molecule has 2 unspecified atom stereocenters. The molecular weight excluding hydrogens is 394 g/mol. The second-order valence-corrected chi connectivity index (χ2v) is 9.01. The quantitative estimate of drug-likeness (QED) is 0.674. The lowest BCUT2D eigenvalue weighted by Crippen LogP contribution is -2.41. The van der Waals surface area contributed by atoms with Gasteiger partial charge in [-0.2, -0.15) is 0 Å². The van der Waals surface area contributed by atoms with E-state index in [0.717, 1.165) is 51.4 Å². The summed E-state index contributed by atoms with van der Waals surface area (Å²) in [6, 6.07) is 7.88. The van der Waals surface area contributed by atoms with Crippen molar-refractivity contribution in [3.63, 3.8) is 0 Å². The van der Waals surface area contributed by atoms with Gasteiger partial charge in [0, 0.05) is 31.9 Å². The Morgan fingerprint density at radius 2 is 1.97 bits per heavy atom. The van der Waals surface area contributed by atoms with Gasteiger partial charge < -0.3 is 19.7 Å². The van der Waals surface area contributed by atoms with Crippen molar-refractivity contribution in [2.75, 3.05) is 51.3 Å². The standard InChI is InChI=1S/C24H31N3O4/c1-2-17-4-6-18(7-5-17)25-22(28)20-19-8-9-24(31-19)16-27(23(29)21(20)24)11-3-10-26-12-14-30-15-13-26/h4-9,19-21H,2-3,10-16H2,1H3,(H,25,28)/t19?,20-,21+,24?/m1/s1. The predicted octanol–water partition coefficient (Wildman–Crippen LogP) is 1.69. The van der Waals surface area contributed by atoms with Crippen molar-refractivity contribution >= 4 is 17.5 Å². The van der Waals surface area contributed by atoms with Crippen LogP contribution in [0.3, 0.4) is 0 Å². The minimum Gasteiger partial charge on any atom is -0.379 e. The molecule has 4 atom stereocenters. The first kappa shape index (κ1) is 20.7. The largest absolute Gasteiger partial charge is 0.379 e. The van der Waals surface area contributed by atoms with E-state index in [1.165, 1.54) is 5.56 Å². The molecule has 4 aliphatic rings. The summed E-state index contributed by atoms with van der Waals surface area (Å²) in [4.78, 5) is 30.7. The number of morpholine rings is 1. The van der Waals surface area contributed by atoms with E-state index in [2.05, 4.69) is 17.1 Å². The third-order valence-corrected chi connectivity index (χ3v) is 7.12. The van der Waals surface area contributed by atoms with Gasteiger partial charge in [0.25, 0.3) is 0 Å². The number of carbonyl (C=O) groups is 2. The van der Waals surface area contributed by atoms with Gasteiger partial charge in [-0.1, -0.05) is 31.2 Å². The Morgan fingerprint density at radius 1 is 1.19 bits per heavy atom. The third-order valence-electron chi connectivity index (χ3n) is 7.12. The maximum atomic E-state index is 13.3. The summed E-state index contributed by atoms with van der Waals surface area (Å²) in [6.07, 6.45) is 5.53. The number of ether oxygens (including phenoxy) is 2. The molecular formula is C24H31N3O4. The van der Waals surface area contributed by atoms with Gasteiger partial charge in [-0.05, 0) is 30.5 Å².